The number of tetrazole rings is 1. The lowest BCUT2D eigenvalue weighted by atomic mass is 10.2. The Kier molecular flexibility index (Phi) is 4.76. The molecule has 0 aliphatic rings. The van der Waals surface area contributed by atoms with Crippen LogP contribution in [0.4, 0.5) is 5.69 Å². The molecule has 0 bridgehead atoms. The zero-order chi connectivity index (χ0) is 16.9. The summed E-state index contributed by atoms with van der Waals surface area (Å²) in [4.78, 5) is 12.5. The highest BCUT2D eigenvalue weighted by Crippen LogP contribution is 2.21. The summed E-state index contributed by atoms with van der Waals surface area (Å²) in [7, 11) is 1.54. The van der Waals surface area contributed by atoms with E-state index in [2.05, 4.69) is 20.8 Å². The fraction of sp³-hybridized carbons (Fsp3) is 0.125. The molecule has 0 aliphatic heterocycles. The summed E-state index contributed by atoms with van der Waals surface area (Å²) in [5.41, 5.74) is 1.88. The molecule has 1 N–H and O–H groups in total. The second kappa shape index (κ2) is 7.14. The second-order valence-corrected chi connectivity index (χ2v) is 5.56. The van der Waals surface area contributed by atoms with Crippen molar-refractivity contribution in [2.75, 3.05) is 18.7 Å². The van der Waals surface area contributed by atoms with Crippen molar-refractivity contribution >= 4 is 23.4 Å². The third-order valence-electron chi connectivity index (χ3n) is 3.32. The van der Waals surface area contributed by atoms with E-state index in [0.717, 1.165) is 5.69 Å². The van der Waals surface area contributed by atoms with Gasteiger partial charge in [0.1, 0.15) is 5.75 Å². The van der Waals surface area contributed by atoms with E-state index in [1.54, 1.807) is 28.9 Å². The Morgan fingerprint density at radius 3 is 2.83 bits per heavy atom. The molecule has 0 unspecified atom stereocenters. The Morgan fingerprint density at radius 1 is 1.21 bits per heavy atom. The zero-order valence-electron chi connectivity index (χ0n) is 13.1. The van der Waals surface area contributed by atoms with Crippen molar-refractivity contribution in [2.45, 2.75) is 5.16 Å². The number of methoxy groups -OCH3 is 1. The van der Waals surface area contributed by atoms with Gasteiger partial charge in [0, 0.05) is 5.69 Å². The van der Waals surface area contributed by atoms with Gasteiger partial charge >= 0.3 is 0 Å². The minimum atomic E-state index is -0.244. The number of amides is 1. The summed E-state index contributed by atoms with van der Waals surface area (Å²) in [6.45, 7) is 0. The van der Waals surface area contributed by atoms with Crippen LogP contribution in [0.25, 0.3) is 5.69 Å². The van der Waals surface area contributed by atoms with Crippen LogP contribution in [0.5, 0.6) is 5.75 Å². The van der Waals surface area contributed by atoms with Crippen molar-refractivity contribution in [3.63, 3.8) is 0 Å². The average molecular weight is 341 g/mol. The van der Waals surface area contributed by atoms with Gasteiger partial charge < -0.3 is 10.1 Å². The van der Waals surface area contributed by atoms with Gasteiger partial charge in [0.05, 0.1) is 18.4 Å². The van der Waals surface area contributed by atoms with Crippen LogP contribution in [0.3, 0.4) is 0 Å². The van der Waals surface area contributed by atoms with Gasteiger partial charge in [0.2, 0.25) is 5.16 Å². The predicted octanol–water partition coefficient (Wildman–Crippen LogP) is 2.65. The number of nitrogens with one attached hydrogen (secondary N) is 1. The molecule has 24 heavy (non-hydrogen) atoms. The summed E-state index contributed by atoms with van der Waals surface area (Å²) in [6, 6.07) is 14.4. The van der Waals surface area contributed by atoms with E-state index in [9.17, 15) is 4.79 Å². The first-order valence-corrected chi connectivity index (χ1v) is 8.32. The number of benzene rings is 2. The standard InChI is InChI=1S/C16H15N5O2S/c1-23-14-9-4-3-8-13(14)15(22)17-11-6-5-7-12(10-11)21-16(24-2)18-19-20-21/h3-10H,1-2H3,(H,17,22). The van der Waals surface area contributed by atoms with Crippen LogP contribution in [0.1, 0.15) is 10.4 Å². The van der Waals surface area contributed by atoms with E-state index in [1.165, 1.54) is 18.9 Å². The predicted molar refractivity (Wildman–Crippen MR) is 91.9 cm³/mol. The van der Waals surface area contributed by atoms with Gasteiger partial charge in [-0.3, -0.25) is 4.79 Å². The molecule has 2 aromatic carbocycles. The van der Waals surface area contributed by atoms with Crippen LogP contribution in [-0.2, 0) is 0 Å². The Balaban J connectivity index is 1.86. The molecule has 0 aliphatic carbocycles. The van der Waals surface area contributed by atoms with Gasteiger partial charge in [-0.05, 0) is 47.0 Å². The average Bonchev–Trinajstić information content (AvgIpc) is 3.10. The van der Waals surface area contributed by atoms with E-state index in [1.807, 2.05) is 30.5 Å². The summed E-state index contributed by atoms with van der Waals surface area (Å²) >= 11 is 1.44. The molecular weight excluding hydrogens is 326 g/mol. The van der Waals surface area contributed by atoms with Crippen LogP contribution in [0, 0.1) is 0 Å². The smallest absolute Gasteiger partial charge is 0.259 e. The molecule has 3 rings (SSSR count). The van der Waals surface area contributed by atoms with Crippen LogP contribution in [0.15, 0.2) is 53.7 Å². The van der Waals surface area contributed by atoms with Crippen molar-refractivity contribution in [1.82, 2.24) is 20.2 Å². The van der Waals surface area contributed by atoms with Gasteiger partial charge in [-0.2, -0.15) is 4.68 Å². The highest BCUT2D eigenvalue weighted by Gasteiger charge is 2.13. The van der Waals surface area contributed by atoms with Crippen LogP contribution >= 0.6 is 11.8 Å². The van der Waals surface area contributed by atoms with Gasteiger partial charge in [-0.25, -0.2) is 0 Å². The molecular formula is C16H15N5O2S. The number of rotatable bonds is 5. The number of hydrogen-bond donors (Lipinski definition) is 1. The maximum atomic E-state index is 12.5. The van der Waals surface area contributed by atoms with Gasteiger partial charge in [0.15, 0.2) is 0 Å². The lowest BCUT2D eigenvalue weighted by Crippen LogP contribution is -2.13. The van der Waals surface area contributed by atoms with E-state index in [-0.39, 0.29) is 5.91 Å². The topological polar surface area (TPSA) is 81.9 Å². The van der Waals surface area contributed by atoms with E-state index in [0.29, 0.717) is 22.2 Å². The Hall–Kier alpha value is -2.87. The first-order valence-electron chi connectivity index (χ1n) is 7.10. The van der Waals surface area contributed by atoms with Crippen molar-refractivity contribution in [2.24, 2.45) is 0 Å². The Labute approximate surface area is 143 Å². The summed E-state index contributed by atoms with van der Waals surface area (Å²) < 4.78 is 6.84. The molecule has 1 aromatic heterocycles. The van der Waals surface area contributed by atoms with Crippen molar-refractivity contribution < 1.29 is 9.53 Å². The van der Waals surface area contributed by atoms with E-state index in [4.69, 9.17) is 4.74 Å². The van der Waals surface area contributed by atoms with Gasteiger partial charge in [0.25, 0.3) is 5.91 Å². The maximum Gasteiger partial charge on any atom is 0.259 e. The number of para-hydroxylation sites is 1. The molecule has 0 radical (unpaired) electrons. The molecule has 0 spiro atoms. The molecule has 3 aromatic rings. The molecule has 1 amide bonds. The van der Waals surface area contributed by atoms with E-state index < -0.39 is 0 Å². The highest BCUT2D eigenvalue weighted by molar-refractivity contribution is 7.98. The van der Waals surface area contributed by atoms with Gasteiger partial charge in [-0.1, -0.05) is 30.0 Å². The Morgan fingerprint density at radius 2 is 2.04 bits per heavy atom. The molecule has 0 atom stereocenters. The first-order chi connectivity index (χ1) is 11.7. The number of nitrogens with zero attached hydrogens (tertiary/aromatic N) is 4. The van der Waals surface area contributed by atoms with Crippen LogP contribution < -0.4 is 10.1 Å². The summed E-state index contributed by atoms with van der Waals surface area (Å²) in [5.74, 6) is 0.280. The maximum absolute atomic E-state index is 12.5. The molecule has 1 heterocycles. The molecule has 8 heteroatoms. The van der Waals surface area contributed by atoms with Crippen molar-refractivity contribution in [1.29, 1.82) is 0 Å². The molecule has 0 fully saturated rings. The lowest BCUT2D eigenvalue weighted by Gasteiger charge is -2.10. The number of anilines is 1. The third-order valence-corrected chi connectivity index (χ3v) is 3.94. The van der Waals surface area contributed by atoms with Crippen molar-refractivity contribution in [3.05, 3.63) is 54.1 Å². The third kappa shape index (κ3) is 3.23. The molecule has 0 saturated carbocycles. The number of ether oxygens (including phenoxy) is 1. The minimum Gasteiger partial charge on any atom is -0.496 e. The highest BCUT2D eigenvalue weighted by atomic mass is 32.2. The van der Waals surface area contributed by atoms with E-state index >= 15 is 0 Å². The monoisotopic (exact) mass is 341 g/mol. The second-order valence-electron chi connectivity index (χ2n) is 4.78. The number of thioether (sulfide) groups is 1. The number of aromatic nitrogens is 4. The molecule has 0 saturated heterocycles. The molecule has 122 valence electrons. The number of carbonyl (C=O) groups excluding carboxylic acids is 1. The van der Waals surface area contributed by atoms with Gasteiger partial charge in [-0.15, -0.1) is 5.10 Å². The minimum absolute atomic E-state index is 0.244. The Bertz CT molecular complexity index is 865. The van der Waals surface area contributed by atoms with Crippen LogP contribution in [-0.4, -0.2) is 39.5 Å². The number of hydrogen-bond acceptors (Lipinski definition) is 6. The quantitative estimate of drug-likeness (QED) is 0.719. The zero-order valence-corrected chi connectivity index (χ0v) is 13.9. The molecule has 7 nitrogen and oxygen atoms in total. The largest absolute Gasteiger partial charge is 0.496 e. The normalized spacial score (nSPS) is 10.4. The summed E-state index contributed by atoms with van der Waals surface area (Å²) in [6.07, 6.45) is 1.90. The first kappa shape index (κ1) is 16.0. The van der Waals surface area contributed by atoms with Crippen LogP contribution in [0.2, 0.25) is 0 Å². The van der Waals surface area contributed by atoms with Crippen molar-refractivity contribution in [3.8, 4) is 11.4 Å². The fourth-order valence-corrected chi connectivity index (χ4v) is 2.65. The lowest BCUT2D eigenvalue weighted by molar-refractivity contribution is 0.102. The summed E-state index contributed by atoms with van der Waals surface area (Å²) in [5, 5.41) is 15.1. The fourth-order valence-electron chi connectivity index (χ4n) is 2.21. The number of carbonyl (C=O) groups is 1. The SMILES string of the molecule is COc1ccccc1C(=O)Nc1cccc(-n2nnnc2SC)c1.